The molecule has 0 bridgehead atoms. The summed E-state index contributed by atoms with van der Waals surface area (Å²) in [5.41, 5.74) is 0. The second kappa shape index (κ2) is 9.32. The average molecular weight is 231 g/mol. The Morgan fingerprint density at radius 2 is 1.12 bits per heavy atom. The van der Waals surface area contributed by atoms with Crippen LogP contribution in [0.25, 0.3) is 0 Å². The Balaban J connectivity index is -0.0000000267. The molecule has 0 saturated heterocycles. The van der Waals surface area contributed by atoms with Crippen LogP contribution in [-0.4, -0.2) is 83.2 Å². The zero-order valence-corrected chi connectivity index (χ0v) is 3.80. The summed E-state index contributed by atoms with van der Waals surface area (Å²) < 4.78 is 8.88. The van der Waals surface area contributed by atoms with Crippen molar-refractivity contribution in [2.45, 2.75) is 0 Å². The van der Waals surface area contributed by atoms with Crippen molar-refractivity contribution in [1.29, 1.82) is 0 Å². The summed E-state index contributed by atoms with van der Waals surface area (Å²) in [6.45, 7) is 0. The van der Waals surface area contributed by atoms with Gasteiger partial charge in [-0.1, -0.05) is 0 Å². The predicted molar refractivity (Wildman–Crippen MR) is 36.4 cm³/mol. The van der Waals surface area contributed by atoms with Gasteiger partial charge in [0.2, 0.25) is 0 Å². The van der Waals surface area contributed by atoms with Crippen LogP contribution in [-0.2, 0) is 4.57 Å². The molecule has 0 aromatic rings. The van der Waals surface area contributed by atoms with Crippen LogP contribution in [0.1, 0.15) is 0 Å². The normalized spacial score (nSPS) is 7.38. The molecule has 0 atom stereocenters. The van der Waals surface area contributed by atoms with E-state index in [-0.39, 0.29) is 74.7 Å². The standard InChI is InChI=1S/Mg.H3N.H3O4P.Sr.4H/c;;1-5(2,3)4;;;;;/h;1H3;(H3,1,2,3,4);;;;;. The van der Waals surface area contributed by atoms with Crippen LogP contribution >= 0.6 is 7.82 Å². The molecular formula is H10MgNO4PSr. The summed E-state index contributed by atoms with van der Waals surface area (Å²) in [5.74, 6) is 0. The van der Waals surface area contributed by atoms with E-state index in [1.54, 1.807) is 0 Å². The second-order valence-corrected chi connectivity index (χ2v) is 1.54. The summed E-state index contributed by atoms with van der Waals surface area (Å²) >= 11 is 0. The Hall–Kier alpha value is 2.32. The molecule has 0 aromatic carbocycles. The summed E-state index contributed by atoms with van der Waals surface area (Å²) in [5, 5.41) is 0. The van der Waals surface area contributed by atoms with E-state index < -0.39 is 7.82 Å². The van der Waals surface area contributed by atoms with Crippen LogP contribution in [0, 0.1) is 0 Å². The number of hydrogen-bond acceptors (Lipinski definition) is 2. The number of phosphoric acid groups is 1. The first-order chi connectivity index (χ1) is 2.00. The molecule has 0 rings (SSSR count). The van der Waals surface area contributed by atoms with Gasteiger partial charge >= 0.3 is 76.4 Å². The first-order valence-corrected chi connectivity index (χ1v) is 2.35. The maximum atomic E-state index is 8.88. The van der Waals surface area contributed by atoms with E-state index in [0.717, 1.165) is 0 Å². The third-order valence-electron chi connectivity index (χ3n) is 0. The van der Waals surface area contributed by atoms with Gasteiger partial charge in [0.25, 0.3) is 0 Å². The molecule has 0 aliphatic heterocycles. The molecule has 0 aliphatic carbocycles. The summed E-state index contributed by atoms with van der Waals surface area (Å²) in [7, 11) is -4.64. The van der Waals surface area contributed by atoms with Crippen molar-refractivity contribution >= 4 is 76.4 Å². The van der Waals surface area contributed by atoms with Gasteiger partial charge in [-0.25, -0.2) is 4.57 Å². The molecule has 0 heterocycles. The zero-order valence-electron chi connectivity index (χ0n) is 2.90. The van der Waals surface area contributed by atoms with Gasteiger partial charge < -0.3 is 20.8 Å². The summed E-state index contributed by atoms with van der Waals surface area (Å²) in [6, 6.07) is 0. The van der Waals surface area contributed by atoms with E-state index in [1.165, 1.54) is 0 Å². The average Bonchev–Trinajstić information content (AvgIpc) is 0.722. The van der Waals surface area contributed by atoms with E-state index in [4.69, 9.17) is 19.2 Å². The minimum absolute atomic E-state index is 0. The second-order valence-electron chi connectivity index (χ2n) is 0.513. The third kappa shape index (κ3) is 83.0. The van der Waals surface area contributed by atoms with Gasteiger partial charge in [-0.05, 0) is 0 Å². The first kappa shape index (κ1) is 22.4. The Morgan fingerprint density at radius 1 is 1.12 bits per heavy atom. The van der Waals surface area contributed by atoms with Crippen molar-refractivity contribution in [3.05, 3.63) is 0 Å². The van der Waals surface area contributed by atoms with E-state index in [1.807, 2.05) is 0 Å². The molecule has 6 N–H and O–H groups in total. The van der Waals surface area contributed by atoms with Crippen molar-refractivity contribution in [3.63, 3.8) is 0 Å². The Kier molecular flexibility index (Phi) is 26.1. The number of hydrogen-bond donors (Lipinski definition) is 4. The fourth-order valence-electron chi connectivity index (χ4n) is 0. The molecule has 0 spiro atoms. The molecule has 0 aromatic heterocycles. The maximum absolute atomic E-state index is 8.88. The molecule has 0 fully saturated rings. The van der Waals surface area contributed by atoms with Crippen molar-refractivity contribution in [1.82, 2.24) is 6.15 Å². The van der Waals surface area contributed by atoms with E-state index >= 15 is 0 Å². The van der Waals surface area contributed by atoms with Gasteiger partial charge in [-0.3, -0.25) is 0 Å². The Bertz CT molecular complexity index is 62.2. The molecule has 0 radical (unpaired) electrons. The molecule has 8 heavy (non-hydrogen) atoms. The molecule has 0 amide bonds. The fourth-order valence-corrected chi connectivity index (χ4v) is 0. The third-order valence-corrected chi connectivity index (χ3v) is 0. The van der Waals surface area contributed by atoms with E-state index in [9.17, 15) is 0 Å². The first-order valence-electron chi connectivity index (χ1n) is 0.783. The predicted octanol–water partition coefficient (Wildman–Crippen LogP) is -2.60. The molecule has 0 saturated carbocycles. The SMILES string of the molecule is N.O=P(O)(O)O.[MgH2].[SrH2]. The van der Waals surface area contributed by atoms with Crippen LogP contribution in [0.5, 0.6) is 0 Å². The van der Waals surface area contributed by atoms with Crippen molar-refractivity contribution in [2.75, 3.05) is 0 Å². The number of rotatable bonds is 0. The summed E-state index contributed by atoms with van der Waals surface area (Å²) in [6.07, 6.45) is 0. The van der Waals surface area contributed by atoms with Gasteiger partial charge in [-0.2, -0.15) is 0 Å². The summed E-state index contributed by atoms with van der Waals surface area (Å²) in [4.78, 5) is 21.6. The van der Waals surface area contributed by atoms with Crippen LogP contribution in [0.4, 0.5) is 0 Å². The molecule has 0 unspecified atom stereocenters. The molecule has 0 aliphatic rings. The van der Waals surface area contributed by atoms with Gasteiger partial charge in [0, 0.05) is 0 Å². The fraction of sp³-hybridized carbons (Fsp3) is 0. The van der Waals surface area contributed by atoms with Crippen LogP contribution in [0.3, 0.4) is 0 Å². The molecule has 8 heteroatoms. The monoisotopic (exact) mass is 231 g/mol. The van der Waals surface area contributed by atoms with Crippen molar-refractivity contribution in [2.24, 2.45) is 0 Å². The van der Waals surface area contributed by atoms with Crippen LogP contribution in [0.2, 0.25) is 0 Å². The Morgan fingerprint density at radius 3 is 1.12 bits per heavy atom. The van der Waals surface area contributed by atoms with Gasteiger partial charge in [0.05, 0.1) is 0 Å². The van der Waals surface area contributed by atoms with Crippen molar-refractivity contribution < 1.29 is 19.2 Å². The van der Waals surface area contributed by atoms with E-state index in [2.05, 4.69) is 0 Å². The van der Waals surface area contributed by atoms with Gasteiger partial charge in [0.1, 0.15) is 0 Å². The molecular weight excluding hydrogens is 221 g/mol. The van der Waals surface area contributed by atoms with Crippen LogP contribution < -0.4 is 6.15 Å². The molecule has 48 valence electrons. The zero-order chi connectivity index (χ0) is 4.50. The van der Waals surface area contributed by atoms with Gasteiger partial charge in [-0.15, -0.1) is 0 Å². The quantitative estimate of drug-likeness (QED) is 0.269. The van der Waals surface area contributed by atoms with Crippen molar-refractivity contribution in [3.8, 4) is 0 Å². The van der Waals surface area contributed by atoms with Gasteiger partial charge in [0.15, 0.2) is 0 Å². The molecule has 5 nitrogen and oxygen atoms in total. The Labute approximate surface area is 100 Å². The minimum atomic E-state index is -4.64. The van der Waals surface area contributed by atoms with E-state index in [0.29, 0.717) is 0 Å². The topological polar surface area (TPSA) is 113 Å². The van der Waals surface area contributed by atoms with Crippen LogP contribution in [0.15, 0.2) is 0 Å².